The smallest absolute Gasteiger partial charge is 0.381 e. The molecule has 162 valence electrons. The zero-order valence-electron chi connectivity index (χ0n) is 16.4. The summed E-state index contributed by atoms with van der Waals surface area (Å²) in [7, 11) is 0. The number of alkyl halides is 2. The molecule has 0 aliphatic heterocycles. The number of rotatable bonds is 9. The first-order valence-electron chi connectivity index (χ1n) is 9.00. The van der Waals surface area contributed by atoms with Gasteiger partial charge in [0.25, 0.3) is 5.09 Å². The fraction of sp³-hybridized carbons (Fsp3) is 0.350. The SMILES string of the molecule is Cc1cc(C)cc(-c2c(O)cc(C(F)(F)C(=O)OCCCCO[N+](=O)[O-])cc2O)c1. The standard InChI is InChI=1S/C20H21F2NO7/c1-12-7-13(2)9-14(8-12)18-16(24)10-15(11-17(18)25)20(21,22)19(26)29-5-3-4-6-30-23(27)28/h7-11,24-25H,3-6H2,1-2H3. The van der Waals surface area contributed by atoms with Gasteiger partial charge in [-0.3, -0.25) is 0 Å². The highest BCUT2D eigenvalue weighted by Gasteiger charge is 2.43. The zero-order chi connectivity index (χ0) is 22.5. The van der Waals surface area contributed by atoms with E-state index in [1.165, 1.54) is 0 Å². The topological polar surface area (TPSA) is 119 Å². The second-order valence-corrected chi connectivity index (χ2v) is 6.74. The molecular weight excluding hydrogens is 404 g/mol. The molecule has 2 aromatic rings. The lowest BCUT2D eigenvalue weighted by molar-refractivity contribution is -0.757. The number of unbranched alkanes of at least 4 members (excludes halogenated alkanes) is 1. The van der Waals surface area contributed by atoms with Gasteiger partial charge in [0.2, 0.25) is 0 Å². The molecular formula is C20H21F2NO7. The van der Waals surface area contributed by atoms with E-state index in [0.29, 0.717) is 17.7 Å². The third-order valence-corrected chi connectivity index (χ3v) is 4.19. The molecule has 0 aromatic heterocycles. The second-order valence-electron chi connectivity index (χ2n) is 6.74. The molecule has 0 atom stereocenters. The Hall–Kier alpha value is -3.43. The van der Waals surface area contributed by atoms with Crippen molar-refractivity contribution in [2.75, 3.05) is 13.2 Å². The van der Waals surface area contributed by atoms with Crippen LogP contribution in [-0.2, 0) is 20.3 Å². The monoisotopic (exact) mass is 425 g/mol. The predicted octanol–water partition coefficient (Wildman–Crippen LogP) is 4.01. The van der Waals surface area contributed by atoms with Crippen molar-refractivity contribution >= 4 is 5.97 Å². The van der Waals surface area contributed by atoms with Crippen molar-refractivity contribution in [3.05, 3.63) is 57.1 Å². The molecule has 0 heterocycles. The minimum absolute atomic E-state index is 0.0273. The van der Waals surface area contributed by atoms with Crippen LogP contribution >= 0.6 is 0 Å². The van der Waals surface area contributed by atoms with Gasteiger partial charge in [0, 0.05) is 5.56 Å². The molecule has 2 rings (SSSR count). The molecule has 0 aliphatic rings. The first-order valence-corrected chi connectivity index (χ1v) is 9.00. The summed E-state index contributed by atoms with van der Waals surface area (Å²) in [4.78, 5) is 25.8. The van der Waals surface area contributed by atoms with E-state index in [2.05, 4.69) is 9.57 Å². The summed E-state index contributed by atoms with van der Waals surface area (Å²) < 4.78 is 33.4. The maximum Gasteiger partial charge on any atom is 0.381 e. The summed E-state index contributed by atoms with van der Waals surface area (Å²) in [6.07, 6.45) is 0.212. The van der Waals surface area contributed by atoms with Crippen LogP contribution in [-0.4, -0.2) is 34.5 Å². The van der Waals surface area contributed by atoms with E-state index in [1.807, 2.05) is 19.9 Å². The van der Waals surface area contributed by atoms with Crippen molar-refractivity contribution in [2.45, 2.75) is 32.6 Å². The van der Waals surface area contributed by atoms with Gasteiger partial charge in [-0.05, 0) is 44.4 Å². The Bertz CT molecular complexity index is 903. The highest BCUT2D eigenvalue weighted by Crippen LogP contribution is 2.43. The molecule has 30 heavy (non-hydrogen) atoms. The van der Waals surface area contributed by atoms with Crippen LogP contribution in [0, 0.1) is 24.0 Å². The first-order chi connectivity index (χ1) is 14.0. The number of aryl methyl sites for hydroxylation is 2. The number of hydrogen-bond acceptors (Lipinski definition) is 7. The summed E-state index contributed by atoms with van der Waals surface area (Å²) in [6.45, 7) is 2.98. The molecule has 0 bridgehead atoms. The molecule has 0 saturated carbocycles. The third kappa shape index (κ3) is 5.56. The summed E-state index contributed by atoms with van der Waals surface area (Å²) >= 11 is 0. The lowest BCUT2D eigenvalue weighted by Crippen LogP contribution is -2.28. The van der Waals surface area contributed by atoms with Gasteiger partial charge < -0.3 is 19.8 Å². The molecule has 0 saturated heterocycles. The zero-order valence-corrected chi connectivity index (χ0v) is 16.4. The largest absolute Gasteiger partial charge is 0.507 e. The van der Waals surface area contributed by atoms with Gasteiger partial charge in [0.1, 0.15) is 11.5 Å². The van der Waals surface area contributed by atoms with Crippen LogP contribution in [0.3, 0.4) is 0 Å². The van der Waals surface area contributed by atoms with E-state index in [0.717, 1.165) is 11.1 Å². The van der Waals surface area contributed by atoms with Crippen molar-refractivity contribution in [3.8, 4) is 22.6 Å². The van der Waals surface area contributed by atoms with Crippen molar-refractivity contribution in [1.29, 1.82) is 0 Å². The summed E-state index contributed by atoms with van der Waals surface area (Å²) in [5, 5.41) is 29.5. The van der Waals surface area contributed by atoms with Crippen LogP contribution in [0.15, 0.2) is 30.3 Å². The molecule has 0 spiro atoms. The van der Waals surface area contributed by atoms with Gasteiger partial charge in [0.05, 0.1) is 18.8 Å². The lowest BCUT2D eigenvalue weighted by atomic mass is 9.96. The number of nitrogens with zero attached hydrogens (tertiary/aromatic N) is 1. The second kappa shape index (κ2) is 9.38. The fourth-order valence-corrected chi connectivity index (χ4v) is 2.92. The van der Waals surface area contributed by atoms with Gasteiger partial charge in [-0.1, -0.05) is 29.3 Å². The molecule has 2 aromatic carbocycles. The van der Waals surface area contributed by atoms with Gasteiger partial charge in [-0.2, -0.15) is 8.78 Å². The number of ether oxygens (including phenoxy) is 1. The fourth-order valence-electron chi connectivity index (χ4n) is 2.92. The summed E-state index contributed by atoms with van der Waals surface area (Å²) in [6, 6.07) is 6.64. The van der Waals surface area contributed by atoms with Crippen molar-refractivity contribution < 1.29 is 38.4 Å². The molecule has 10 heteroatoms. The van der Waals surface area contributed by atoms with Crippen LogP contribution in [0.2, 0.25) is 0 Å². The van der Waals surface area contributed by atoms with E-state index in [1.54, 1.807) is 12.1 Å². The minimum atomic E-state index is -4.12. The maximum absolute atomic E-state index is 14.4. The van der Waals surface area contributed by atoms with Crippen LogP contribution in [0.4, 0.5) is 8.78 Å². The van der Waals surface area contributed by atoms with Crippen molar-refractivity contribution in [1.82, 2.24) is 0 Å². The maximum atomic E-state index is 14.4. The number of esters is 1. The Labute approximate surface area is 170 Å². The number of carbonyl (C=O) groups is 1. The van der Waals surface area contributed by atoms with Crippen molar-refractivity contribution in [3.63, 3.8) is 0 Å². The van der Waals surface area contributed by atoms with E-state index in [4.69, 9.17) is 0 Å². The average Bonchev–Trinajstić information content (AvgIpc) is 2.62. The number of aromatic hydroxyl groups is 2. The number of halogens is 2. The highest BCUT2D eigenvalue weighted by atomic mass is 19.3. The number of phenols is 2. The first kappa shape index (κ1) is 22.9. The number of carbonyl (C=O) groups excluding carboxylic acids is 1. The van der Waals surface area contributed by atoms with Gasteiger partial charge >= 0.3 is 11.9 Å². The van der Waals surface area contributed by atoms with E-state index < -0.39 is 40.6 Å². The minimum Gasteiger partial charge on any atom is -0.507 e. The predicted molar refractivity (Wildman–Crippen MR) is 102 cm³/mol. The van der Waals surface area contributed by atoms with Gasteiger partial charge in [-0.25, -0.2) is 4.79 Å². The van der Waals surface area contributed by atoms with E-state index >= 15 is 0 Å². The number of hydrogen-bond donors (Lipinski definition) is 2. The molecule has 8 nitrogen and oxygen atoms in total. The van der Waals surface area contributed by atoms with E-state index in [9.17, 15) is 33.9 Å². The van der Waals surface area contributed by atoms with E-state index in [-0.39, 0.29) is 25.0 Å². The lowest BCUT2D eigenvalue weighted by Gasteiger charge is -2.18. The average molecular weight is 425 g/mol. The van der Waals surface area contributed by atoms with Crippen LogP contribution in [0.1, 0.15) is 29.5 Å². The number of benzene rings is 2. The Balaban J connectivity index is 2.14. The van der Waals surface area contributed by atoms with Crippen LogP contribution < -0.4 is 0 Å². The summed E-state index contributed by atoms with van der Waals surface area (Å²) in [5.74, 6) is -7.21. The van der Waals surface area contributed by atoms with Crippen LogP contribution in [0.25, 0.3) is 11.1 Å². The highest BCUT2D eigenvalue weighted by molar-refractivity contribution is 5.83. The third-order valence-electron chi connectivity index (χ3n) is 4.19. The molecule has 0 radical (unpaired) electrons. The molecule has 0 aliphatic carbocycles. The normalized spacial score (nSPS) is 11.2. The van der Waals surface area contributed by atoms with Gasteiger partial charge in [0.15, 0.2) is 0 Å². The Morgan fingerprint density at radius 2 is 1.57 bits per heavy atom. The molecule has 0 amide bonds. The van der Waals surface area contributed by atoms with Crippen molar-refractivity contribution in [2.24, 2.45) is 0 Å². The van der Waals surface area contributed by atoms with Crippen LogP contribution in [0.5, 0.6) is 11.5 Å². The Kier molecular flexibility index (Phi) is 7.14. The molecule has 0 unspecified atom stereocenters. The quantitative estimate of drug-likeness (QED) is 0.270. The Morgan fingerprint density at radius 3 is 2.10 bits per heavy atom. The number of phenolic OH excluding ortho intramolecular Hbond substituents is 2. The summed E-state index contributed by atoms with van der Waals surface area (Å²) in [5.41, 5.74) is 1.19. The molecule has 0 fully saturated rings. The van der Waals surface area contributed by atoms with Gasteiger partial charge in [-0.15, -0.1) is 10.1 Å². The molecule has 2 N–H and O–H groups in total. The Morgan fingerprint density at radius 1 is 1.03 bits per heavy atom.